The molecule has 0 aromatic rings. The highest BCUT2D eigenvalue weighted by Gasteiger charge is 2.39. The Hall–Kier alpha value is -1.66. The number of ether oxygens (including phenoxy) is 2. The number of phosphoric acid groups is 1. The molecule has 382 valence electrons. The minimum atomic E-state index is -4.69. The number of aliphatic hydroxyl groups is 2. The molecule has 2 N–H and O–H groups in total. The van der Waals surface area contributed by atoms with Gasteiger partial charge in [0, 0.05) is 25.2 Å². The molecule has 0 radical (unpaired) electrons. The first-order valence-corrected chi connectivity index (χ1v) is 28.0. The molecule has 0 heterocycles. The number of carbonyl (C=O) groups is 3. The van der Waals surface area contributed by atoms with Crippen LogP contribution in [0.3, 0.4) is 0 Å². The number of nitrogens with zero attached hydrogens (tertiary/aromatic N) is 1. The maximum absolute atomic E-state index is 12.8. The zero-order valence-corrected chi connectivity index (χ0v) is 43.1. The van der Waals surface area contributed by atoms with Crippen molar-refractivity contribution >= 4 is 25.5 Å². The summed E-state index contributed by atoms with van der Waals surface area (Å²) in [5, 5.41) is 20.8. The van der Waals surface area contributed by atoms with E-state index in [1.165, 1.54) is 109 Å². The lowest BCUT2D eigenvalue weighted by molar-refractivity contribution is -0.870. The van der Waals surface area contributed by atoms with E-state index >= 15 is 0 Å². The first-order valence-electron chi connectivity index (χ1n) is 26.5. The molecule has 1 aliphatic carbocycles. The van der Waals surface area contributed by atoms with Crippen LogP contribution in [0.25, 0.3) is 0 Å². The minimum Gasteiger partial charge on any atom is -0.756 e. The maximum Gasteiger partial charge on any atom is 0.306 e. The summed E-state index contributed by atoms with van der Waals surface area (Å²) >= 11 is 0. The molecule has 1 aliphatic rings. The molecule has 1 saturated carbocycles. The third-order valence-electron chi connectivity index (χ3n) is 12.7. The van der Waals surface area contributed by atoms with Crippen molar-refractivity contribution in [1.29, 1.82) is 0 Å². The summed E-state index contributed by atoms with van der Waals surface area (Å²) in [6.45, 7) is 3.90. The number of likely N-dealkylation sites (N-methyl/N-ethyl adjacent to an activating group) is 1. The molecule has 13 heteroatoms. The Kier molecular flexibility index (Phi) is 37.0. The predicted octanol–water partition coefficient (Wildman–Crippen LogP) is 11.7. The number of quaternary nitrogens is 1. The van der Waals surface area contributed by atoms with Gasteiger partial charge in [0.05, 0.1) is 40.0 Å². The van der Waals surface area contributed by atoms with Gasteiger partial charge >= 0.3 is 11.9 Å². The number of carbonyl (C=O) groups excluding carboxylic acids is 3. The second-order valence-electron chi connectivity index (χ2n) is 20.0. The Morgan fingerprint density at radius 2 is 1.15 bits per heavy atom. The fraction of sp³-hybridized carbons (Fsp3) is 0.904. The number of ketones is 1. The number of Topliss-reactive ketones (excluding diaryl/α,β-unsaturated/α-hetero) is 1. The van der Waals surface area contributed by atoms with Gasteiger partial charge in [-0.3, -0.25) is 18.9 Å². The number of rotatable bonds is 45. The van der Waals surface area contributed by atoms with Crippen LogP contribution in [-0.4, -0.2) is 98.2 Å². The van der Waals surface area contributed by atoms with E-state index in [4.69, 9.17) is 18.5 Å². The van der Waals surface area contributed by atoms with E-state index in [1.54, 1.807) is 12.2 Å². The van der Waals surface area contributed by atoms with Crippen molar-refractivity contribution in [3.8, 4) is 0 Å². The quantitative estimate of drug-likeness (QED) is 0.0196. The van der Waals surface area contributed by atoms with Gasteiger partial charge < -0.3 is 38.1 Å². The van der Waals surface area contributed by atoms with Crippen LogP contribution in [0, 0.1) is 11.8 Å². The van der Waals surface area contributed by atoms with Gasteiger partial charge in [-0.2, -0.15) is 0 Å². The second-order valence-corrected chi connectivity index (χ2v) is 21.4. The predicted molar refractivity (Wildman–Crippen MR) is 260 cm³/mol. The highest BCUT2D eigenvalue weighted by atomic mass is 31.2. The number of hydrogen-bond donors (Lipinski definition) is 2. The lowest BCUT2D eigenvalue weighted by Crippen LogP contribution is -2.37. The Morgan fingerprint density at radius 1 is 0.692 bits per heavy atom. The molecule has 1 rings (SSSR count). The molecule has 0 aromatic carbocycles. The van der Waals surface area contributed by atoms with Gasteiger partial charge in [-0.15, -0.1) is 0 Å². The molecule has 0 aliphatic heterocycles. The number of phosphoric ester groups is 1. The maximum atomic E-state index is 12.8. The fourth-order valence-electron chi connectivity index (χ4n) is 8.50. The van der Waals surface area contributed by atoms with Gasteiger partial charge in [0.25, 0.3) is 7.82 Å². The lowest BCUT2D eigenvalue weighted by atomic mass is 9.88. The molecule has 0 bridgehead atoms. The first-order chi connectivity index (χ1) is 31.2. The average Bonchev–Trinajstić information content (AvgIpc) is 3.52. The number of hydrogen-bond acceptors (Lipinski definition) is 11. The standard InChI is InChI=1S/C52H98NO11P/c1-6-8-10-11-12-13-14-15-16-17-18-19-20-21-22-23-24-25-26-27-33-37-52(58)64-46(44-63-65(59,60)62-41-40-53(3,4)5)43-61-51(57)36-32-29-28-31-35-47-48(50(56)42-49(47)55)39-38-45(54)34-30-9-7-2/h38-39,45-49,54-55H,6-37,40-44H2,1-5H3/b39-38+/t45-,46+,47+,48+,49-/m0/s1. The van der Waals surface area contributed by atoms with Gasteiger partial charge in [-0.25, -0.2) is 0 Å². The van der Waals surface area contributed by atoms with E-state index in [2.05, 4.69) is 13.8 Å². The monoisotopic (exact) mass is 944 g/mol. The lowest BCUT2D eigenvalue weighted by Gasteiger charge is -2.28. The van der Waals surface area contributed by atoms with E-state index in [1.807, 2.05) is 21.1 Å². The van der Waals surface area contributed by atoms with Crippen molar-refractivity contribution in [2.24, 2.45) is 11.8 Å². The zero-order chi connectivity index (χ0) is 48.0. The summed E-state index contributed by atoms with van der Waals surface area (Å²) < 4.78 is 34.0. The van der Waals surface area contributed by atoms with Crippen LogP contribution < -0.4 is 4.89 Å². The SMILES string of the molecule is CCCCCCCCCCCCCCCCCCCCCCCC(=O)O[C@H](COC(=O)CCCCCC[C@H]1[C@@H](O)CC(=O)[C@@H]1/C=C/[C@@H](O)CCCCC)COP(=O)([O-])OCC[N+](C)(C)C. The third kappa shape index (κ3) is 36.1. The summed E-state index contributed by atoms with van der Waals surface area (Å²) in [6, 6.07) is 0. The number of esters is 2. The summed E-state index contributed by atoms with van der Waals surface area (Å²) in [4.78, 5) is 50.5. The van der Waals surface area contributed by atoms with Gasteiger partial charge in [-0.1, -0.05) is 193 Å². The van der Waals surface area contributed by atoms with Crippen LogP contribution in [0.4, 0.5) is 0 Å². The van der Waals surface area contributed by atoms with E-state index in [0.717, 1.165) is 57.8 Å². The van der Waals surface area contributed by atoms with Gasteiger partial charge in [0.15, 0.2) is 6.10 Å². The van der Waals surface area contributed by atoms with Crippen LogP contribution >= 0.6 is 7.82 Å². The summed E-state index contributed by atoms with van der Waals surface area (Å²) in [7, 11) is 1.05. The number of unbranched alkanes of at least 4 members (excludes halogenated alkanes) is 25. The smallest absolute Gasteiger partial charge is 0.306 e. The third-order valence-corrected chi connectivity index (χ3v) is 13.7. The van der Waals surface area contributed by atoms with Gasteiger partial charge in [0.2, 0.25) is 0 Å². The zero-order valence-electron chi connectivity index (χ0n) is 42.2. The van der Waals surface area contributed by atoms with Crippen LogP contribution in [0.1, 0.15) is 226 Å². The topological polar surface area (TPSA) is 169 Å². The molecule has 1 fully saturated rings. The van der Waals surface area contributed by atoms with Crippen molar-refractivity contribution < 1.29 is 57.1 Å². The van der Waals surface area contributed by atoms with E-state index < -0.39 is 44.7 Å². The summed E-state index contributed by atoms with van der Waals surface area (Å²) in [5.74, 6) is -1.54. The largest absolute Gasteiger partial charge is 0.756 e. The average molecular weight is 944 g/mol. The van der Waals surface area contributed by atoms with Crippen molar-refractivity contribution in [2.45, 2.75) is 244 Å². The van der Waals surface area contributed by atoms with Crippen LogP contribution in [0.2, 0.25) is 0 Å². The highest BCUT2D eigenvalue weighted by Crippen LogP contribution is 2.38. The second kappa shape index (κ2) is 39.2. The van der Waals surface area contributed by atoms with Crippen molar-refractivity contribution in [3.63, 3.8) is 0 Å². The highest BCUT2D eigenvalue weighted by molar-refractivity contribution is 7.45. The summed E-state index contributed by atoms with van der Waals surface area (Å²) in [6.07, 6.45) is 35.7. The van der Waals surface area contributed by atoms with Crippen molar-refractivity contribution in [3.05, 3.63) is 12.2 Å². The van der Waals surface area contributed by atoms with E-state index in [9.17, 15) is 34.1 Å². The number of aliphatic hydroxyl groups excluding tert-OH is 2. The summed E-state index contributed by atoms with van der Waals surface area (Å²) in [5.41, 5.74) is 0. The Balaban J connectivity index is 2.34. The molecule has 0 amide bonds. The van der Waals surface area contributed by atoms with Crippen molar-refractivity contribution in [2.75, 3.05) is 47.5 Å². The van der Waals surface area contributed by atoms with Gasteiger partial charge in [-0.05, 0) is 31.6 Å². The minimum absolute atomic E-state index is 0.00753. The molecule has 6 atom stereocenters. The van der Waals surface area contributed by atoms with Crippen LogP contribution in [0.15, 0.2) is 12.2 Å². The molecule has 0 saturated heterocycles. The molecule has 1 unspecified atom stereocenters. The molecular formula is C52H98NO11P. The number of allylic oxidation sites excluding steroid dienone is 1. The van der Waals surface area contributed by atoms with Gasteiger partial charge in [0.1, 0.15) is 25.5 Å². The molecule has 12 nitrogen and oxygen atoms in total. The molecule has 65 heavy (non-hydrogen) atoms. The van der Waals surface area contributed by atoms with Crippen LogP contribution in [0.5, 0.6) is 0 Å². The Morgan fingerprint density at radius 3 is 1.66 bits per heavy atom. The Labute approximate surface area is 396 Å². The van der Waals surface area contributed by atoms with Crippen LogP contribution in [-0.2, 0) is 37.5 Å². The Bertz CT molecular complexity index is 1270. The van der Waals surface area contributed by atoms with E-state index in [-0.39, 0.29) is 50.1 Å². The molecule has 0 spiro atoms. The normalized spacial score (nSPS) is 18.6. The van der Waals surface area contributed by atoms with E-state index in [0.29, 0.717) is 36.7 Å². The molecular weight excluding hydrogens is 846 g/mol. The van der Waals surface area contributed by atoms with Crippen molar-refractivity contribution in [1.82, 2.24) is 0 Å². The molecule has 0 aromatic heterocycles. The fourth-order valence-corrected chi connectivity index (χ4v) is 9.23. The first kappa shape index (κ1) is 61.4.